The fraction of sp³-hybridized carbons (Fsp3) is 0.394. The van der Waals surface area contributed by atoms with Gasteiger partial charge in [0.1, 0.15) is 29.0 Å². The number of aliphatic hydroxyl groups excluding tert-OH is 1. The number of aryl methyl sites for hydroxylation is 2. The molecule has 5 rings (SSSR count). The maximum absolute atomic E-state index is 15.3. The molecule has 10 heteroatoms. The van der Waals surface area contributed by atoms with E-state index in [4.69, 9.17) is 19.9 Å². The summed E-state index contributed by atoms with van der Waals surface area (Å²) >= 11 is 0. The Hall–Kier alpha value is -4.31. The Kier molecular flexibility index (Phi) is 8.50. The lowest BCUT2D eigenvalue weighted by Crippen LogP contribution is -2.21. The average Bonchev–Trinajstić information content (AvgIpc) is 3.58. The Morgan fingerprint density at radius 2 is 1.91 bits per heavy atom. The minimum Gasteiger partial charge on any atom is -0.492 e. The number of carbonyl (C=O) groups excluding carboxylic acids is 1. The van der Waals surface area contributed by atoms with Gasteiger partial charge in [0.05, 0.1) is 26.7 Å². The number of hydrogen-bond acceptors (Lipinski definition) is 7. The van der Waals surface area contributed by atoms with Crippen molar-refractivity contribution in [2.75, 3.05) is 20.3 Å². The Bertz CT molecular complexity index is 1590. The number of halogens is 1. The van der Waals surface area contributed by atoms with Crippen LogP contribution < -0.4 is 15.2 Å². The number of hydrogen-bond donors (Lipinski definition) is 2. The van der Waals surface area contributed by atoms with Gasteiger partial charge < -0.3 is 25.1 Å². The van der Waals surface area contributed by atoms with Crippen molar-refractivity contribution >= 4 is 11.8 Å². The first kappa shape index (κ1) is 30.2. The number of nitrogens with two attached hydrogens (primary N) is 1. The van der Waals surface area contributed by atoms with Crippen molar-refractivity contribution in [1.29, 1.82) is 0 Å². The zero-order valence-corrected chi connectivity index (χ0v) is 25.1. The van der Waals surface area contributed by atoms with E-state index in [0.717, 1.165) is 33.4 Å². The first-order valence-corrected chi connectivity index (χ1v) is 14.3. The van der Waals surface area contributed by atoms with Crippen molar-refractivity contribution < 1.29 is 28.5 Å². The molecule has 0 fully saturated rings. The van der Waals surface area contributed by atoms with Crippen LogP contribution in [0.1, 0.15) is 72.1 Å². The summed E-state index contributed by atoms with van der Waals surface area (Å²) in [6.07, 6.45) is 1.11. The molecule has 0 spiro atoms. The molecule has 43 heavy (non-hydrogen) atoms. The van der Waals surface area contributed by atoms with E-state index in [2.05, 4.69) is 15.4 Å². The van der Waals surface area contributed by atoms with Crippen LogP contribution in [0.4, 0.5) is 4.39 Å². The van der Waals surface area contributed by atoms with Crippen molar-refractivity contribution in [2.24, 2.45) is 21.2 Å². The molecule has 2 unspecified atom stereocenters. The summed E-state index contributed by atoms with van der Waals surface area (Å²) < 4.78 is 32.3. The minimum absolute atomic E-state index is 0.0639. The van der Waals surface area contributed by atoms with Gasteiger partial charge in [0.15, 0.2) is 5.84 Å². The van der Waals surface area contributed by atoms with Crippen molar-refractivity contribution in [3.05, 3.63) is 81.7 Å². The maximum atomic E-state index is 15.3. The van der Waals surface area contributed by atoms with Crippen LogP contribution in [0.3, 0.4) is 0 Å². The summed E-state index contributed by atoms with van der Waals surface area (Å²) in [5.41, 5.74) is 12.5. The van der Waals surface area contributed by atoms with E-state index < -0.39 is 11.6 Å². The lowest BCUT2D eigenvalue weighted by atomic mass is 9.89. The molecule has 226 valence electrons. The largest absolute Gasteiger partial charge is 0.492 e. The highest BCUT2D eigenvalue weighted by molar-refractivity contribution is 5.98. The molecule has 2 aliphatic rings. The van der Waals surface area contributed by atoms with E-state index in [1.165, 1.54) is 13.2 Å². The zero-order valence-electron chi connectivity index (χ0n) is 25.1. The molecule has 1 aliphatic carbocycles. The second-order valence-electron chi connectivity index (χ2n) is 11.8. The lowest BCUT2D eigenvalue weighted by molar-refractivity contribution is -0.141. The van der Waals surface area contributed by atoms with E-state index in [1.807, 2.05) is 50.2 Å². The molecule has 3 aromatic carbocycles. The monoisotopic (exact) mass is 588 g/mol. The van der Waals surface area contributed by atoms with E-state index in [-0.39, 0.29) is 36.6 Å². The van der Waals surface area contributed by atoms with Crippen molar-refractivity contribution in [1.82, 2.24) is 0 Å². The van der Waals surface area contributed by atoms with Gasteiger partial charge in [0.25, 0.3) is 0 Å². The third-order valence-electron chi connectivity index (χ3n) is 8.02. The molecule has 0 radical (unpaired) electrons. The van der Waals surface area contributed by atoms with E-state index in [9.17, 15) is 9.90 Å². The number of ether oxygens (including phenoxy) is 3. The van der Waals surface area contributed by atoms with Crippen LogP contribution in [0.2, 0.25) is 0 Å². The number of nitrogens with zero attached hydrogens (tertiary/aromatic N) is 3. The fourth-order valence-electron chi connectivity index (χ4n) is 5.79. The molecule has 2 atom stereocenters. The van der Waals surface area contributed by atoms with Gasteiger partial charge in [-0.15, -0.1) is 5.10 Å². The molecule has 0 amide bonds. The van der Waals surface area contributed by atoms with Gasteiger partial charge in [-0.25, -0.2) is 4.39 Å². The zero-order chi connectivity index (χ0) is 30.9. The SMILES string of the molecule is COC(=O)CC1COc2cc(OC3CCc4c(-c5c(C)cc(C(N)=NN=NC(C)(C)CO)cc5C)ccc(F)c43)ccc21. The molecule has 1 heterocycles. The third-order valence-corrected chi connectivity index (χ3v) is 8.02. The molecule has 0 saturated carbocycles. The predicted molar refractivity (Wildman–Crippen MR) is 161 cm³/mol. The molecular weight excluding hydrogens is 551 g/mol. The molecule has 0 bridgehead atoms. The average molecular weight is 589 g/mol. The number of amidine groups is 1. The van der Waals surface area contributed by atoms with Crippen LogP contribution in [0.5, 0.6) is 11.5 Å². The fourth-order valence-corrected chi connectivity index (χ4v) is 5.79. The number of esters is 1. The number of methoxy groups -OCH3 is 1. The lowest BCUT2D eigenvalue weighted by Gasteiger charge is -2.19. The summed E-state index contributed by atoms with van der Waals surface area (Å²) in [5, 5.41) is 21.2. The predicted octanol–water partition coefficient (Wildman–Crippen LogP) is 6.06. The van der Waals surface area contributed by atoms with Gasteiger partial charge in [0.2, 0.25) is 0 Å². The maximum Gasteiger partial charge on any atom is 0.306 e. The molecular formula is C33H37FN4O5. The smallest absolute Gasteiger partial charge is 0.306 e. The second-order valence-corrected chi connectivity index (χ2v) is 11.8. The molecule has 0 aromatic heterocycles. The number of fused-ring (bicyclic) bond motifs is 2. The van der Waals surface area contributed by atoms with Crippen molar-refractivity contribution in [3.63, 3.8) is 0 Å². The van der Waals surface area contributed by atoms with Gasteiger partial charge in [-0.1, -0.05) is 12.1 Å². The van der Waals surface area contributed by atoms with Gasteiger partial charge in [-0.05, 0) is 97.8 Å². The molecule has 9 nitrogen and oxygen atoms in total. The third kappa shape index (κ3) is 6.24. The van der Waals surface area contributed by atoms with Crippen LogP contribution in [-0.4, -0.2) is 42.8 Å². The van der Waals surface area contributed by atoms with Gasteiger partial charge in [0, 0.05) is 28.7 Å². The normalized spacial score (nSPS) is 18.0. The van der Waals surface area contributed by atoms with Crippen LogP contribution in [0.25, 0.3) is 11.1 Å². The quantitative estimate of drug-likeness (QED) is 0.103. The van der Waals surface area contributed by atoms with Gasteiger partial charge in [-0.3, -0.25) is 4.79 Å². The first-order valence-electron chi connectivity index (χ1n) is 14.3. The van der Waals surface area contributed by atoms with Crippen LogP contribution in [0.15, 0.2) is 57.9 Å². The number of carbonyl (C=O) groups is 1. The summed E-state index contributed by atoms with van der Waals surface area (Å²) in [5.74, 6) is 0.833. The molecule has 0 saturated heterocycles. The topological polar surface area (TPSA) is 128 Å². The number of benzene rings is 3. The van der Waals surface area contributed by atoms with Crippen molar-refractivity contribution in [3.8, 4) is 22.6 Å². The van der Waals surface area contributed by atoms with E-state index >= 15 is 4.39 Å². The number of rotatable bonds is 9. The Morgan fingerprint density at radius 3 is 2.60 bits per heavy atom. The highest BCUT2D eigenvalue weighted by Gasteiger charge is 2.32. The standard InChI is InChI=1S/C33H37FN4O5/c1-18-12-20(32(35)36-38-37-33(3,4)17-39)13-19(2)30(18)24-8-10-26(34)31-25(24)9-11-27(31)43-22-6-7-23-21(14-29(40)41-5)16-42-28(23)15-22/h6-8,10,12-13,15,21,27,39H,9,11,14,16-17H2,1-5H3,(H2,35,36,37). The van der Waals surface area contributed by atoms with Gasteiger partial charge >= 0.3 is 5.97 Å². The molecule has 1 aliphatic heterocycles. The number of aliphatic hydroxyl groups is 1. The summed E-state index contributed by atoms with van der Waals surface area (Å²) in [7, 11) is 1.38. The molecule has 3 aromatic rings. The summed E-state index contributed by atoms with van der Waals surface area (Å²) in [4.78, 5) is 11.8. The first-order chi connectivity index (χ1) is 20.5. The highest BCUT2D eigenvalue weighted by atomic mass is 19.1. The van der Waals surface area contributed by atoms with E-state index in [1.54, 1.807) is 13.8 Å². The Labute approximate surface area is 250 Å². The van der Waals surface area contributed by atoms with Crippen LogP contribution >= 0.6 is 0 Å². The van der Waals surface area contributed by atoms with Crippen molar-refractivity contribution in [2.45, 2.75) is 64.5 Å². The second kappa shape index (κ2) is 12.1. The van der Waals surface area contributed by atoms with Crippen LogP contribution in [-0.2, 0) is 16.0 Å². The Morgan fingerprint density at radius 1 is 1.16 bits per heavy atom. The van der Waals surface area contributed by atoms with E-state index in [0.29, 0.717) is 42.1 Å². The van der Waals surface area contributed by atoms with Crippen LogP contribution in [0, 0.1) is 19.7 Å². The Balaban J connectivity index is 1.40. The highest BCUT2D eigenvalue weighted by Crippen LogP contribution is 2.45. The molecule has 3 N–H and O–H groups in total. The summed E-state index contributed by atoms with van der Waals surface area (Å²) in [6.45, 7) is 7.71. The van der Waals surface area contributed by atoms with Gasteiger partial charge in [-0.2, -0.15) is 5.11 Å². The minimum atomic E-state index is -0.743. The summed E-state index contributed by atoms with van der Waals surface area (Å²) in [6, 6.07) is 12.8.